The van der Waals surface area contributed by atoms with Crippen molar-refractivity contribution >= 4 is 22.4 Å². The van der Waals surface area contributed by atoms with Crippen molar-refractivity contribution in [3.63, 3.8) is 0 Å². The number of fused-ring (bicyclic) bond motifs is 1. The van der Waals surface area contributed by atoms with Gasteiger partial charge in [0.05, 0.1) is 13.2 Å². The summed E-state index contributed by atoms with van der Waals surface area (Å²) in [5.41, 5.74) is 2.00. The number of benzene rings is 3. The number of rotatable bonds is 7. The predicted molar refractivity (Wildman–Crippen MR) is 107 cm³/mol. The van der Waals surface area contributed by atoms with Gasteiger partial charge in [0.1, 0.15) is 5.75 Å². The minimum absolute atomic E-state index is 0.0187. The fourth-order valence-electron chi connectivity index (χ4n) is 2.99. The molecular weight excluding hydrogens is 324 g/mol. The second-order valence-corrected chi connectivity index (χ2v) is 6.32. The van der Waals surface area contributed by atoms with Gasteiger partial charge in [0.15, 0.2) is 0 Å². The molecule has 0 heterocycles. The van der Waals surface area contributed by atoms with Crippen LogP contribution in [-0.4, -0.2) is 31.0 Å². The summed E-state index contributed by atoms with van der Waals surface area (Å²) in [7, 11) is 1.94. The maximum absolute atomic E-state index is 12.4. The number of hydrogen-bond donors (Lipinski definition) is 1. The van der Waals surface area contributed by atoms with Crippen molar-refractivity contribution in [2.45, 2.75) is 13.5 Å². The third-order valence-corrected chi connectivity index (χ3v) is 4.16. The van der Waals surface area contributed by atoms with E-state index in [2.05, 4.69) is 5.32 Å². The van der Waals surface area contributed by atoms with Gasteiger partial charge in [-0.2, -0.15) is 0 Å². The third-order valence-electron chi connectivity index (χ3n) is 4.16. The second kappa shape index (κ2) is 8.50. The molecule has 0 aliphatic carbocycles. The molecule has 0 radical (unpaired) electrons. The van der Waals surface area contributed by atoms with Crippen LogP contribution in [0.2, 0.25) is 0 Å². The first-order valence-corrected chi connectivity index (χ1v) is 8.83. The Bertz CT molecular complexity index is 869. The average molecular weight is 348 g/mol. The van der Waals surface area contributed by atoms with Crippen LogP contribution in [0, 0.1) is 0 Å². The first kappa shape index (κ1) is 18.0. The molecule has 0 spiro atoms. The number of carbonyl (C=O) groups is 1. The normalized spacial score (nSPS) is 10.9. The van der Waals surface area contributed by atoms with E-state index in [9.17, 15) is 4.79 Å². The first-order valence-electron chi connectivity index (χ1n) is 8.83. The lowest BCUT2D eigenvalue weighted by molar-refractivity contribution is -0.117. The van der Waals surface area contributed by atoms with Gasteiger partial charge in [-0.15, -0.1) is 0 Å². The molecule has 26 heavy (non-hydrogen) atoms. The molecule has 0 aliphatic heterocycles. The van der Waals surface area contributed by atoms with E-state index in [1.807, 2.05) is 85.6 Å². The lowest BCUT2D eigenvalue weighted by Gasteiger charge is -2.17. The first-order chi connectivity index (χ1) is 12.7. The van der Waals surface area contributed by atoms with Crippen LogP contribution in [0.3, 0.4) is 0 Å². The van der Waals surface area contributed by atoms with Crippen LogP contribution in [0.5, 0.6) is 5.75 Å². The molecule has 4 nitrogen and oxygen atoms in total. The van der Waals surface area contributed by atoms with E-state index in [-0.39, 0.29) is 5.91 Å². The van der Waals surface area contributed by atoms with Gasteiger partial charge in [0.25, 0.3) is 0 Å². The van der Waals surface area contributed by atoms with E-state index in [0.29, 0.717) is 19.7 Å². The number of amides is 1. The molecule has 1 N–H and O–H groups in total. The van der Waals surface area contributed by atoms with E-state index in [1.165, 1.54) is 0 Å². The topological polar surface area (TPSA) is 41.6 Å². The van der Waals surface area contributed by atoms with Gasteiger partial charge in [0.2, 0.25) is 5.91 Å². The number of carbonyl (C=O) groups excluding carboxylic acids is 1. The van der Waals surface area contributed by atoms with Crippen LogP contribution in [0.25, 0.3) is 10.8 Å². The molecule has 4 heteroatoms. The molecule has 3 aromatic rings. The molecule has 0 unspecified atom stereocenters. The summed E-state index contributed by atoms with van der Waals surface area (Å²) in [5, 5.41) is 5.20. The van der Waals surface area contributed by atoms with Crippen molar-refractivity contribution in [3.05, 3.63) is 72.3 Å². The quantitative estimate of drug-likeness (QED) is 0.692. The molecule has 0 saturated heterocycles. The van der Waals surface area contributed by atoms with Crippen LogP contribution >= 0.6 is 0 Å². The van der Waals surface area contributed by atoms with E-state index in [1.54, 1.807) is 0 Å². The highest BCUT2D eigenvalue weighted by atomic mass is 16.5. The van der Waals surface area contributed by atoms with Gasteiger partial charge >= 0.3 is 0 Å². The molecule has 3 aromatic carbocycles. The van der Waals surface area contributed by atoms with Crippen LogP contribution < -0.4 is 10.1 Å². The lowest BCUT2D eigenvalue weighted by Crippen LogP contribution is -2.29. The zero-order chi connectivity index (χ0) is 18.4. The Morgan fingerprint density at radius 2 is 1.73 bits per heavy atom. The highest BCUT2D eigenvalue weighted by Crippen LogP contribution is 2.22. The largest absolute Gasteiger partial charge is 0.494 e. The molecule has 1 amide bonds. The fourth-order valence-corrected chi connectivity index (χ4v) is 2.99. The molecule has 0 fully saturated rings. The van der Waals surface area contributed by atoms with Crippen molar-refractivity contribution in [1.82, 2.24) is 4.90 Å². The van der Waals surface area contributed by atoms with Crippen molar-refractivity contribution in [1.29, 1.82) is 0 Å². The van der Waals surface area contributed by atoms with Crippen molar-refractivity contribution in [2.75, 3.05) is 25.5 Å². The Hall–Kier alpha value is -2.85. The Balaban J connectivity index is 1.58. The molecule has 3 rings (SSSR count). The zero-order valence-electron chi connectivity index (χ0n) is 15.2. The summed E-state index contributed by atoms with van der Waals surface area (Å²) in [5.74, 6) is 0.849. The summed E-state index contributed by atoms with van der Waals surface area (Å²) in [4.78, 5) is 14.4. The number of anilines is 1. The van der Waals surface area contributed by atoms with Gasteiger partial charge in [-0.05, 0) is 43.1 Å². The monoisotopic (exact) mass is 348 g/mol. The highest BCUT2D eigenvalue weighted by Gasteiger charge is 2.09. The van der Waals surface area contributed by atoms with Gasteiger partial charge in [0, 0.05) is 17.6 Å². The van der Waals surface area contributed by atoms with Crippen molar-refractivity contribution < 1.29 is 9.53 Å². The molecule has 0 atom stereocenters. The molecule has 0 aliphatic rings. The number of likely N-dealkylation sites (N-methyl/N-ethyl adjacent to an activating group) is 1. The highest BCUT2D eigenvalue weighted by molar-refractivity contribution is 6.02. The Kier molecular flexibility index (Phi) is 5.87. The van der Waals surface area contributed by atoms with Crippen LogP contribution in [0.15, 0.2) is 66.7 Å². The SMILES string of the molecule is CCOc1ccc(CN(C)CC(=O)Nc2cccc3ccccc23)cc1. The Morgan fingerprint density at radius 3 is 2.50 bits per heavy atom. The standard InChI is InChI=1S/C22H24N2O2/c1-3-26-19-13-11-17(12-14-19)15-24(2)16-22(25)23-21-10-6-8-18-7-4-5-9-20(18)21/h4-14H,3,15-16H2,1-2H3,(H,23,25). The molecule has 0 saturated carbocycles. The average Bonchev–Trinajstić information content (AvgIpc) is 2.64. The predicted octanol–water partition coefficient (Wildman–Crippen LogP) is 4.31. The van der Waals surface area contributed by atoms with Crippen molar-refractivity contribution in [3.8, 4) is 5.75 Å². The van der Waals surface area contributed by atoms with Gasteiger partial charge < -0.3 is 10.1 Å². The zero-order valence-corrected chi connectivity index (χ0v) is 15.2. The summed E-state index contributed by atoms with van der Waals surface area (Å²) in [6.07, 6.45) is 0. The lowest BCUT2D eigenvalue weighted by atomic mass is 10.1. The maximum atomic E-state index is 12.4. The van der Waals surface area contributed by atoms with E-state index >= 15 is 0 Å². The minimum Gasteiger partial charge on any atom is -0.494 e. The van der Waals surface area contributed by atoms with Crippen molar-refractivity contribution in [2.24, 2.45) is 0 Å². The van der Waals surface area contributed by atoms with Gasteiger partial charge in [-0.25, -0.2) is 0 Å². The molecule has 134 valence electrons. The van der Waals surface area contributed by atoms with Gasteiger partial charge in [-0.1, -0.05) is 48.5 Å². The Labute approximate surface area is 154 Å². The summed E-state index contributed by atoms with van der Waals surface area (Å²) >= 11 is 0. The Morgan fingerprint density at radius 1 is 1.00 bits per heavy atom. The van der Waals surface area contributed by atoms with Crippen LogP contribution in [-0.2, 0) is 11.3 Å². The second-order valence-electron chi connectivity index (χ2n) is 6.32. The summed E-state index contributed by atoms with van der Waals surface area (Å²) < 4.78 is 5.45. The number of hydrogen-bond acceptors (Lipinski definition) is 3. The number of nitrogens with one attached hydrogen (secondary N) is 1. The van der Waals surface area contributed by atoms with Gasteiger partial charge in [-0.3, -0.25) is 9.69 Å². The van der Waals surface area contributed by atoms with E-state index in [4.69, 9.17) is 4.74 Å². The minimum atomic E-state index is -0.0187. The maximum Gasteiger partial charge on any atom is 0.238 e. The molecule has 0 bridgehead atoms. The summed E-state index contributed by atoms with van der Waals surface area (Å²) in [6, 6.07) is 22.0. The molecule has 0 aromatic heterocycles. The van der Waals surface area contributed by atoms with E-state index in [0.717, 1.165) is 27.8 Å². The van der Waals surface area contributed by atoms with E-state index < -0.39 is 0 Å². The summed E-state index contributed by atoms with van der Waals surface area (Å²) in [6.45, 7) is 3.66. The number of nitrogens with zero attached hydrogens (tertiary/aromatic N) is 1. The fraction of sp³-hybridized carbons (Fsp3) is 0.227. The van der Waals surface area contributed by atoms with Crippen LogP contribution in [0.4, 0.5) is 5.69 Å². The third kappa shape index (κ3) is 4.61. The number of ether oxygens (including phenoxy) is 1. The van der Waals surface area contributed by atoms with Crippen LogP contribution in [0.1, 0.15) is 12.5 Å². The molecular formula is C22H24N2O2. The smallest absolute Gasteiger partial charge is 0.238 e.